The van der Waals surface area contributed by atoms with Crippen molar-refractivity contribution in [3.8, 4) is 17.0 Å². The molecule has 2 aliphatic rings. The highest BCUT2D eigenvalue weighted by atomic mass is 16.5. The predicted molar refractivity (Wildman–Crippen MR) is 156 cm³/mol. The molecule has 1 N–H and O–H groups in total. The molecule has 2 aliphatic heterocycles. The molecule has 40 heavy (non-hydrogen) atoms. The summed E-state index contributed by atoms with van der Waals surface area (Å²) in [5.41, 5.74) is 5.44. The summed E-state index contributed by atoms with van der Waals surface area (Å²) in [6.45, 7) is 5.10. The highest BCUT2D eigenvalue weighted by Crippen LogP contribution is 2.34. The lowest BCUT2D eigenvalue weighted by Crippen LogP contribution is -2.38. The molecule has 3 aromatic carbocycles. The van der Waals surface area contributed by atoms with Crippen LogP contribution in [-0.2, 0) is 17.8 Å². The first-order chi connectivity index (χ1) is 19.6. The van der Waals surface area contributed by atoms with E-state index in [4.69, 9.17) is 9.47 Å². The van der Waals surface area contributed by atoms with E-state index in [9.17, 15) is 9.59 Å². The number of benzene rings is 3. The first kappa shape index (κ1) is 26.1. The van der Waals surface area contributed by atoms with Crippen molar-refractivity contribution in [2.45, 2.75) is 32.4 Å². The number of hydrogen-bond acceptors (Lipinski definition) is 5. The van der Waals surface area contributed by atoms with Gasteiger partial charge in [0.1, 0.15) is 5.56 Å². The molecule has 7 nitrogen and oxygen atoms in total. The number of nitrogens with zero attached hydrogens (tertiary/aromatic N) is 2. The molecule has 7 heteroatoms. The van der Waals surface area contributed by atoms with Crippen LogP contribution in [-0.4, -0.2) is 54.7 Å². The molecule has 0 saturated carbocycles. The molecule has 1 fully saturated rings. The van der Waals surface area contributed by atoms with Crippen molar-refractivity contribution in [3.05, 3.63) is 89.5 Å². The lowest BCUT2D eigenvalue weighted by atomic mass is 9.95. The Morgan fingerprint density at radius 1 is 0.950 bits per heavy atom. The lowest BCUT2D eigenvalue weighted by Gasteiger charge is -2.32. The van der Waals surface area contributed by atoms with Crippen molar-refractivity contribution in [2.75, 3.05) is 33.4 Å². The Balaban J connectivity index is 1.03. The fourth-order valence-electron chi connectivity index (χ4n) is 6.01. The molecule has 1 saturated heterocycles. The van der Waals surface area contributed by atoms with Crippen LogP contribution >= 0.6 is 0 Å². The van der Waals surface area contributed by atoms with Crippen molar-refractivity contribution >= 4 is 22.8 Å². The number of carbonyl (C=O) groups is 2. The molecule has 0 atom stereocenters. The molecule has 0 spiro atoms. The Labute approximate surface area is 234 Å². The van der Waals surface area contributed by atoms with E-state index in [0.29, 0.717) is 36.1 Å². The second-order valence-electron chi connectivity index (χ2n) is 10.7. The third-order valence-electron chi connectivity index (χ3n) is 8.18. The number of ether oxygens (including phenoxy) is 2. The number of carbonyl (C=O) groups excluding carboxylic acids is 2. The van der Waals surface area contributed by atoms with E-state index in [-0.39, 0.29) is 11.9 Å². The van der Waals surface area contributed by atoms with Gasteiger partial charge in [0.25, 0.3) is 5.91 Å². The third-order valence-corrected chi connectivity index (χ3v) is 8.18. The summed E-state index contributed by atoms with van der Waals surface area (Å²) in [4.78, 5) is 27.9. The SMILES string of the molecule is COC(=O)c1ccccc1-c1ccc(CN2CCC(CNC(=O)c3c4n(c5ccccc35)CCCO4)CC2)cc1. The molecule has 206 valence electrons. The maximum Gasteiger partial charge on any atom is 0.338 e. The molecule has 6 rings (SSSR count). The van der Waals surface area contributed by atoms with Crippen molar-refractivity contribution in [3.63, 3.8) is 0 Å². The summed E-state index contributed by atoms with van der Waals surface area (Å²) in [6, 6.07) is 24.0. The topological polar surface area (TPSA) is 72.8 Å². The summed E-state index contributed by atoms with van der Waals surface area (Å²) >= 11 is 0. The monoisotopic (exact) mass is 537 g/mol. The number of nitrogens with one attached hydrogen (secondary N) is 1. The predicted octanol–water partition coefficient (Wildman–Crippen LogP) is 5.52. The minimum Gasteiger partial charge on any atom is -0.478 e. The molecule has 4 aromatic rings. The van der Waals surface area contributed by atoms with Crippen LogP contribution in [0.2, 0.25) is 0 Å². The molecule has 1 amide bonds. The largest absolute Gasteiger partial charge is 0.478 e. The van der Waals surface area contributed by atoms with Gasteiger partial charge in [0.2, 0.25) is 5.88 Å². The molecule has 0 unspecified atom stereocenters. The number of fused-ring (bicyclic) bond motifs is 3. The van der Waals surface area contributed by atoms with E-state index in [2.05, 4.69) is 45.1 Å². The minimum absolute atomic E-state index is 0.0388. The van der Waals surface area contributed by atoms with Crippen LogP contribution in [0.15, 0.2) is 72.8 Å². The second kappa shape index (κ2) is 11.6. The zero-order valence-electron chi connectivity index (χ0n) is 22.9. The van der Waals surface area contributed by atoms with Crippen LogP contribution in [0.1, 0.15) is 45.5 Å². The molecule has 3 heterocycles. The highest BCUT2D eigenvalue weighted by molar-refractivity contribution is 6.09. The Hall–Kier alpha value is -4.10. The van der Waals surface area contributed by atoms with Gasteiger partial charge in [0.15, 0.2) is 0 Å². The van der Waals surface area contributed by atoms with E-state index in [1.54, 1.807) is 6.07 Å². The summed E-state index contributed by atoms with van der Waals surface area (Å²) in [6.07, 6.45) is 3.06. The van der Waals surface area contributed by atoms with E-state index in [1.165, 1.54) is 12.7 Å². The van der Waals surface area contributed by atoms with Gasteiger partial charge in [-0.2, -0.15) is 0 Å². The van der Waals surface area contributed by atoms with Gasteiger partial charge in [-0.25, -0.2) is 4.79 Å². The van der Waals surface area contributed by atoms with Crippen LogP contribution in [0.3, 0.4) is 0 Å². The van der Waals surface area contributed by atoms with Crippen LogP contribution < -0.4 is 10.1 Å². The van der Waals surface area contributed by atoms with Crippen molar-refractivity contribution in [1.29, 1.82) is 0 Å². The van der Waals surface area contributed by atoms with Gasteiger partial charge < -0.3 is 19.4 Å². The summed E-state index contributed by atoms with van der Waals surface area (Å²) < 4.78 is 13.0. The Morgan fingerprint density at radius 3 is 2.50 bits per heavy atom. The Bertz CT molecular complexity index is 1520. The number of hydrogen-bond donors (Lipinski definition) is 1. The van der Waals surface area contributed by atoms with Gasteiger partial charge in [-0.3, -0.25) is 9.69 Å². The lowest BCUT2D eigenvalue weighted by molar-refractivity contribution is 0.0601. The number of aromatic nitrogens is 1. The van der Waals surface area contributed by atoms with E-state index in [0.717, 1.165) is 67.5 Å². The Kier molecular flexibility index (Phi) is 7.55. The zero-order chi connectivity index (χ0) is 27.5. The van der Waals surface area contributed by atoms with Crippen LogP contribution in [0.4, 0.5) is 0 Å². The smallest absolute Gasteiger partial charge is 0.338 e. The fraction of sp³-hybridized carbons (Fsp3) is 0.333. The van der Waals surface area contributed by atoms with Crippen LogP contribution in [0, 0.1) is 5.92 Å². The second-order valence-corrected chi connectivity index (χ2v) is 10.7. The number of para-hydroxylation sites is 1. The summed E-state index contributed by atoms with van der Waals surface area (Å²) in [5, 5.41) is 4.18. The van der Waals surface area contributed by atoms with Crippen molar-refractivity contribution in [1.82, 2.24) is 14.8 Å². The number of methoxy groups -OCH3 is 1. The molecule has 1 aromatic heterocycles. The number of rotatable bonds is 7. The average Bonchev–Trinajstić information content (AvgIpc) is 3.35. The van der Waals surface area contributed by atoms with E-state index in [1.807, 2.05) is 36.4 Å². The van der Waals surface area contributed by atoms with Crippen molar-refractivity contribution < 1.29 is 19.1 Å². The fourth-order valence-corrected chi connectivity index (χ4v) is 6.01. The third kappa shape index (κ3) is 5.21. The molecule has 0 aliphatic carbocycles. The maximum absolute atomic E-state index is 13.3. The number of aryl methyl sites for hydroxylation is 1. The summed E-state index contributed by atoms with van der Waals surface area (Å²) in [5.74, 6) is 0.805. The maximum atomic E-state index is 13.3. The van der Waals surface area contributed by atoms with Gasteiger partial charge in [-0.05, 0) is 67.1 Å². The molecule has 0 radical (unpaired) electrons. The number of amides is 1. The van der Waals surface area contributed by atoms with Gasteiger partial charge >= 0.3 is 5.97 Å². The highest BCUT2D eigenvalue weighted by Gasteiger charge is 2.27. The zero-order valence-corrected chi connectivity index (χ0v) is 22.9. The van der Waals surface area contributed by atoms with Gasteiger partial charge in [-0.1, -0.05) is 60.7 Å². The molecule has 0 bridgehead atoms. The minimum atomic E-state index is -0.326. The average molecular weight is 538 g/mol. The van der Waals surface area contributed by atoms with Crippen LogP contribution in [0.5, 0.6) is 5.88 Å². The van der Waals surface area contributed by atoms with Gasteiger partial charge in [0.05, 0.1) is 24.8 Å². The van der Waals surface area contributed by atoms with E-state index < -0.39 is 0 Å². The quantitative estimate of drug-likeness (QED) is 0.314. The van der Waals surface area contributed by atoms with Gasteiger partial charge in [-0.15, -0.1) is 0 Å². The normalized spacial score (nSPS) is 15.8. The first-order valence-corrected chi connectivity index (χ1v) is 14.1. The Morgan fingerprint density at radius 2 is 1.70 bits per heavy atom. The van der Waals surface area contributed by atoms with Crippen LogP contribution in [0.25, 0.3) is 22.0 Å². The number of piperidine rings is 1. The first-order valence-electron chi connectivity index (χ1n) is 14.1. The van der Waals surface area contributed by atoms with Crippen molar-refractivity contribution in [2.24, 2.45) is 5.92 Å². The standard InChI is InChI=1S/C33H35N3O4/c1-39-33(38)27-8-3-2-7-26(27)25-13-11-24(12-14-25)22-35-18-15-23(16-19-35)21-34-31(37)30-28-9-4-5-10-29(28)36-17-6-20-40-32(30)36/h2-5,7-14,23H,6,15-22H2,1H3,(H,34,37). The molecular formula is C33H35N3O4. The van der Waals surface area contributed by atoms with Gasteiger partial charge in [0, 0.05) is 25.0 Å². The number of esters is 1. The summed E-state index contributed by atoms with van der Waals surface area (Å²) in [7, 11) is 1.41. The number of likely N-dealkylation sites (tertiary alicyclic amines) is 1. The molecular weight excluding hydrogens is 502 g/mol. The van der Waals surface area contributed by atoms with E-state index >= 15 is 0 Å².